The van der Waals surface area contributed by atoms with Crippen molar-refractivity contribution in [3.8, 4) is 11.4 Å². The topological polar surface area (TPSA) is 90.9 Å². The Morgan fingerprint density at radius 2 is 2.05 bits per heavy atom. The first-order valence-electron chi connectivity index (χ1n) is 6.55. The van der Waals surface area contributed by atoms with E-state index in [2.05, 4.69) is 20.5 Å². The fourth-order valence-corrected chi connectivity index (χ4v) is 2.01. The van der Waals surface area contributed by atoms with Gasteiger partial charge in [-0.05, 0) is 23.6 Å². The van der Waals surface area contributed by atoms with Gasteiger partial charge in [-0.2, -0.15) is 5.10 Å². The van der Waals surface area contributed by atoms with Crippen LogP contribution < -0.4 is 5.32 Å². The van der Waals surface area contributed by atoms with Crippen LogP contribution >= 0.6 is 0 Å². The Hall–Kier alpha value is -2.51. The van der Waals surface area contributed by atoms with E-state index in [0.717, 1.165) is 18.2 Å². The fourth-order valence-electron chi connectivity index (χ4n) is 2.01. The van der Waals surface area contributed by atoms with Crippen molar-refractivity contribution in [3.05, 3.63) is 35.7 Å². The van der Waals surface area contributed by atoms with Gasteiger partial charge in [-0.15, -0.1) is 0 Å². The number of aromatic amines is 1. The molecule has 0 bridgehead atoms. The first kappa shape index (κ1) is 15.9. The molecule has 22 heavy (non-hydrogen) atoms. The van der Waals surface area contributed by atoms with Crippen molar-refractivity contribution in [2.75, 3.05) is 0 Å². The van der Waals surface area contributed by atoms with Crippen LogP contribution in [0, 0.1) is 17.0 Å². The molecule has 1 aromatic carbocycles. The van der Waals surface area contributed by atoms with Gasteiger partial charge in [-0.3, -0.25) is 5.10 Å². The minimum atomic E-state index is -1.21. The molecule has 0 radical (unpaired) electrons. The molecule has 2 aromatic rings. The lowest BCUT2D eigenvalue weighted by Crippen LogP contribution is -2.36. The molecule has 0 aliphatic heterocycles. The zero-order chi connectivity index (χ0) is 16.5. The standard InChI is InChI=1S/C14H16F2N4O2/c1-14(2,3)10(17-13(21)22)12-18-11(19-20-12)8-6-7(15)4-5-9(8)16/h4-6,10,17H,1-3H3,(H,21,22)(H,18,19,20). The highest BCUT2D eigenvalue weighted by Gasteiger charge is 2.31. The van der Waals surface area contributed by atoms with E-state index in [9.17, 15) is 13.6 Å². The Kier molecular flexibility index (Phi) is 4.11. The molecule has 0 fully saturated rings. The van der Waals surface area contributed by atoms with E-state index in [1.54, 1.807) is 0 Å². The molecule has 0 saturated carbocycles. The third-order valence-corrected chi connectivity index (χ3v) is 3.08. The number of rotatable bonds is 3. The molecule has 2 rings (SSSR count). The van der Waals surface area contributed by atoms with Crippen molar-refractivity contribution >= 4 is 6.09 Å². The summed E-state index contributed by atoms with van der Waals surface area (Å²) in [6.45, 7) is 5.45. The number of benzene rings is 1. The lowest BCUT2D eigenvalue weighted by molar-refractivity contribution is 0.173. The summed E-state index contributed by atoms with van der Waals surface area (Å²) < 4.78 is 27.0. The quantitative estimate of drug-likeness (QED) is 0.812. The molecule has 1 amide bonds. The molecule has 0 aliphatic carbocycles. The number of amides is 1. The van der Waals surface area contributed by atoms with Crippen molar-refractivity contribution < 1.29 is 18.7 Å². The molecule has 6 nitrogen and oxygen atoms in total. The first-order chi connectivity index (χ1) is 10.2. The van der Waals surface area contributed by atoms with Gasteiger partial charge in [0.15, 0.2) is 5.82 Å². The minimum Gasteiger partial charge on any atom is -0.465 e. The first-order valence-corrected chi connectivity index (χ1v) is 6.55. The van der Waals surface area contributed by atoms with E-state index in [1.807, 2.05) is 20.8 Å². The van der Waals surface area contributed by atoms with Crippen LogP contribution in [0.25, 0.3) is 11.4 Å². The summed E-state index contributed by atoms with van der Waals surface area (Å²) in [7, 11) is 0. The van der Waals surface area contributed by atoms with E-state index in [1.165, 1.54) is 0 Å². The van der Waals surface area contributed by atoms with Crippen LogP contribution in [0.2, 0.25) is 0 Å². The van der Waals surface area contributed by atoms with Gasteiger partial charge in [0.25, 0.3) is 0 Å². The van der Waals surface area contributed by atoms with E-state index < -0.39 is 29.2 Å². The third-order valence-electron chi connectivity index (χ3n) is 3.08. The maximum atomic E-state index is 13.7. The van der Waals surface area contributed by atoms with Crippen molar-refractivity contribution in [1.29, 1.82) is 0 Å². The second-order valence-electron chi connectivity index (χ2n) is 5.92. The summed E-state index contributed by atoms with van der Waals surface area (Å²) in [5, 5.41) is 17.7. The smallest absolute Gasteiger partial charge is 0.405 e. The predicted octanol–water partition coefficient (Wildman–Crippen LogP) is 3.10. The maximum Gasteiger partial charge on any atom is 0.405 e. The summed E-state index contributed by atoms with van der Waals surface area (Å²) in [6.07, 6.45) is -1.21. The Bertz CT molecular complexity index is 694. The van der Waals surface area contributed by atoms with Crippen LogP contribution in [-0.4, -0.2) is 26.4 Å². The van der Waals surface area contributed by atoms with Gasteiger partial charge in [0.2, 0.25) is 0 Å². The summed E-state index contributed by atoms with van der Waals surface area (Å²) >= 11 is 0. The van der Waals surface area contributed by atoms with Crippen LogP contribution in [0.1, 0.15) is 32.6 Å². The summed E-state index contributed by atoms with van der Waals surface area (Å²) in [6, 6.07) is 2.29. The van der Waals surface area contributed by atoms with Gasteiger partial charge in [-0.1, -0.05) is 20.8 Å². The number of halogens is 2. The Labute approximate surface area is 125 Å². The van der Waals surface area contributed by atoms with Gasteiger partial charge in [0, 0.05) is 0 Å². The number of nitrogens with zero attached hydrogens (tertiary/aromatic N) is 2. The van der Waals surface area contributed by atoms with Gasteiger partial charge in [0.1, 0.15) is 17.5 Å². The number of aromatic nitrogens is 3. The van der Waals surface area contributed by atoms with Gasteiger partial charge >= 0.3 is 6.09 Å². The average Bonchev–Trinajstić information content (AvgIpc) is 2.86. The highest BCUT2D eigenvalue weighted by Crippen LogP contribution is 2.32. The molecule has 1 atom stereocenters. The van der Waals surface area contributed by atoms with E-state index in [-0.39, 0.29) is 17.2 Å². The monoisotopic (exact) mass is 310 g/mol. The molecule has 1 heterocycles. The Balaban J connectivity index is 2.41. The number of hydrogen-bond acceptors (Lipinski definition) is 3. The number of H-pyrrole nitrogens is 1. The van der Waals surface area contributed by atoms with E-state index in [0.29, 0.717) is 0 Å². The fraction of sp³-hybridized carbons (Fsp3) is 0.357. The van der Waals surface area contributed by atoms with Crippen LogP contribution in [0.3, 0.4) is 0 Å². The molecular weight excluding hydrogens is 294 g/mol. The Morgan fingerprint density at radius 1 is 1.36 bits per heavy atom. The Morgan fingerprint density at radius 3 is 2.64 bits per heavy atom. The highest BCUT2D eigenvalue weighted by atomic mass is 19.1. The average molecular weight is 310 g/mol. The second kappa shape index (κ2) is 5.70. The molecule has 0 aliphatic rings. The van der Waals surface area contributed by atoms with Crippen LogP contribution in [-0.2, 0) is 0 Å². The van der Waals surface area contributed by atoms with Crippen LogP contribution in [0.5, 0.6) is 0 Å². The molecule has 0 spiro atoms. The molecule has 118 valence electrons. The van der Waals surface area contributed by atoms with Crippen molar-refractivity contribution in [2.45, 2.75) is 26.8 Å². The number of carboxylic acid groups (broad SMARTS) is 1. The largest absolute Gasteiger partial charge is 0.465 e. The summed E-state index contributed by atoms with van der Waals surface area (Å²) in [4.78, 5) is 15.0. The molecule has 1 aromatic heterocycles. The van der Waals surface area contributed by atoms with Crippen molar-refractivity contribution in [1.82, 2.24) is 20.5 Å². The van der Waals surface area contributed by atoms with Gasteiger partial charge in [-0.25, -0.2) is 18.6 Å². The molecule has 1 unspecified atom stereocenters. The predicted molar refractivity (Wildman–Crippen MR) is 75.1 cm³/mol. The minimum absolute atomic E-state index is 0.0339. The van der Waals surface area contributed by atoms with Crippen molar-refractivity contribution in [2.24, 2.45) is 5.41 Å². The number of nitrogens with one attached hydrogen (secondary N) is 2. The highest BCUT2D eigenvalue weighted by molar-refractivity contribution is 5.65. The zero-order valence-corrected chi connectivity index (χ0v) is 12.3. The van der Waals surface area contributed by atoms with Crippen molar-refractivity contribution in [3.63, 3.8) is 0 Å². The molecule has 0 saturated heterocycles. The number of carbonyl (C=O) groups is 1. The maximum absolute atomic E-state index is 13.7. The summed E-state index contributed by atoms with van der Waals surface area (Å²) in [5.41, 5.74) is -0.583. The van der Waals surface area contributed by atoms with E-state index in [4.69, 9.17) is 5.11 Å². The normalized spacial score (nSPS) is 13.0. The lowest BCUT2D eigenvalue weighted by Gasteiger charge is -2.28. The lowest BCUT2D eigenvalue weighted by atomic mass is 9.86. The van der Waals surface area contributed by atoms with Crippen LogP contribution in [0.4, 0.5) is 13.6 Å². The summed E-state index contributed by atoms with van der Waals surface area (Å²) in [5.74, 6) is -1.08. The second-order valence-corrected chi connectivity index (χ2v) is 5.92. The van der Waals surface area contributed by atoms with E-state index >= 15 is 0 Å². The number of hydrogen-bond donors (Lipinski definition) is 3. The van der Waals surface area contributed by atoms with Gasteiger partial charge < -0.3 is 10.4 Å². The zero-order valence-electron chi connectivity index (χ0n) is 12.3. The SMILES string of the molecule is CC(C)(C)C(NC(=O)O)c1nc(-c2cc(F)ccc2F)n[nH]1. The van der Waals surface area contributed by atoms with Crippen LogP contribution in [0.15, 0.2) is 18.2 Å². The third kappa shape index (κ3) is 3.38. The van der Waals surface area contributed by atoms with Gasteiger partial charge in [0.05, 0.1) is 11.6 Å². The molecule has 8 heteroatoms. The molecular formula is C14H16F2N4O2. The molecule has 3 N–H and O–H groups in total.